The van der Waals surface area contributed by atoms with Gasteiger partial charge in [0.05, 0.1) is 20.3 Å². The Labute approximate surface area is 181 Å². The molecule has 0 aliphatic carbocycles. The van der Waals surface area contributed by atoms with Crippen molar-refractivity contribution in [2.75, 3.05) is 33.4 Å². The molecular weight excluding hydrogens is 428 g/mol. The Bertz CT molecular complexity index is 1030. The standard InChI is InChI=1S/C21H23ClN2O5S/c1-28-19-7-5-16(14-20(19)30(26,27)24-9-11-29-12-10-24)6-8-21(25)23-15-17-3-2-4-18(22)13-17/h2-8,13-14H,9-12,15H2,1H3,(H,23,25)/b8-6+. The number of ether oxygens (including phenoxy) is 2. The molecule has 1 amide bonds. The Morgan fingerprint density at radius 2 is 2.00 bits per heavy atom. The van der Waals surface area contributed by atoms with Crippen molar-refractivity contribution in [3.63, 3.8) is 0 Å². The van der Waals surface area contributed by atoms with Crippen molar-refractivity contribution in [1.29, 1.82) is 0 Å². The summed E-state index contributed by atoms with van der Waals surface area (Å²) in [5.74, 6) is -0.0487. The molecule has 0 aromatic heterocycles. The summed E-state index contributed by atoms with van der Waals surface area (Å²) < 4.78 is 37.9. The van der Waals surface area contributed by atoms with Crippen LogP contribution in [0, 0.1) is 0 Å². The molecule has 0 saturated carbocycles. The maximum absolute atomic E-state index is 13.0. The lowest BCUT2D eigenvalue weighted by Crippen LogP contribution is -2.40. The third kappa shape index (κ3) is 5.60. The fourth-order valence-corrected chi connectivity index (χ4v) is 4.80. The number of methoxy groups -OCH3 is 1. The molecule has 2 aromatic rings. The van der Waals surface area contributed by atoms with Crippen LogP contribution in [0.2, 0.25) is 5.02 Å². The summed E-state index contributed by atoms with van der Waals surface area (Å²) in [6, 6.07) is 12.0. The van der Waals surface area contributed by atoms with Crippen LogP contribution in [-0.4, -0.2) is 52.0 Å². The minimum atomic E-state index is -3.73. The summed E-state index contributed by atoms with van der Waals surface area (Å²) in [6.07, 6.45) is 2.92. The molecule has 9 heteroatoms. The van der Waals surface area contributed by atoms with Gasteiger partial charge in [0.2, 0.25) is 15.9 Å². The van der Waals surface area contributed by atoms with Gasteiger partial charge in [0.15, 0.2) is 0 Å². The number of morpholine rings is 1. The number of halogens is 1. The number of rotatable bonds is 7. The number of sulfonamides is 1. The van der Waals surface area contributed by atoms with Crippen LogP contribution in [0.4, 0.5) is 0 Å². The largest absolute Gasteiger partial charge is 0.495 e. The van der Waals surface area contributed by atoms with Gasteiger partial charge in [-0.15, -0.1) is 0 Å². The first-order chi connectivity index (χ1) is 14.4. The normalized spacial score (nSPS) is 15.3. The molecule has 0 unspecified atom stereocenters. The molecule has 0 radical (unpaired) electrons. The Morgan fingerprint density at radius 1 is 1.23 bits per heavy atom. The molecular formula is C21H23ClN2O5S. The van der Waals surface area contributed by atoms with Crippen molar-refractivity contribution in [2.45, 2.75) is 11.4 Å². The van der Waals surface area contributed by atoms with E-state index in [-0.39, 0.29) is 29.6 Å². The van der Waals surface area contributed by atoms with Gasteiger partial charge in [-0.25, -0.2) is 8.42 Å². The number of carbonyl (C=O) groups excluding carboxylic acids is 1. The summed E-state index contributed by atoms with van der Waals surface area (Å²) in [5, 5.41) is 3.37. The summed E-state index contributed by atoms with van der Waals surface area (Å²) in [6.45, 7) is 1.62. The summed E-state index contributed by atoms with van der Waals surface area (Å²) in [7, 11) is -2.31. The first-order valence-electron chi connectivity index (χ1n) is 9.36. The molecule has 1 N–H and O–H groups in total. The number of benzene rings is 2. The lowest BCUT2D eigenvalue weighted by Gasteiger charge is -2.26. The fraction of sp³-hybridized carbons (Fsp3) is 0.286. The third-order valence-electron chi connectivity index (χ3n) is 4.56. The second-order valence-electron chi connectivity index (χ2n) is 6.61. The molecule has 7 nitrogen and oxygen atoms in total. The fourth-order valence-electron chi connectivity index (χ4n) is 2.99. The van der Waals surface area contributed by atoms with Crippen LogP contribution in [0.15, 0.2) is 53.4 Å². The van der Waals surface area contributed by atoms with Crippen molar-refractivity contribution < 1.29 is 22.7 Å². The minimum Gasteiger partial charge on any atom is -0.495 e. The van der Waals surface area contributed by atoms with Crippen LogP contribution in [0.3, 0.4) is 0 Å². The molecule has 0 spiro atoms. The monoisotopic (exact) mass is 450 g/mol. The molecule has 30 heavy (non-hydrogen) atoms. The van der Waals surface area contributed by atoms with Crippen LogP contribution < -0.4 is 10.1 Å². The third-order valence-corrected chi connectivity index (χ3v) is 6.71. The van der Waals surface area contributed by atoms with Gasteiger partial charge >= 0.3 is 0 Å². The Kier molecular flexibility index (Phi) is 7.49. The van der Waals surface area contributed by atoms with Crippen molar-refractivity contribution >= 4 is 33.6 Å². The molecule has 2 aromatic carbocycles. The van der Waals surface area contributed by atoms with Crippen LogP contribution in [0.25, 0.3) is 6.08 Å². The van der Waals surface area contributed by atoms with Gasteiger partial charge in [-0.05, 0) is 41.5 Å². The Hall–Kier alpha value is -2.39. The molecule has 160 valence electrons. The molecule has 1 fully saturated rings. The highest BCUT2D eigenvalue weighted by Crippen LogP contribution is 2.28. The maximum atomic E-state index is 13.0. The zero-order chi connectivity index (χ0) is 21.6. The van der Waals surface area contributed by atoms with E-state index in [1.54, 1.807) is 30.3 Å². The summed E-state index contributed by atoms with van der Waals surface area (Å²) in [4.78, 5) is 12.2. The number of amides is 1. The zero-order valence-electron chi connectivity index (χ0n) is 16.5. The SMILES string of the molecule is COc1ccc(/C=C/C(=O)NCc2cccc(Cl)c2)cc1S(=O)(=O)N1CCOCC1. The predicted octanol–water partition coefficient (Wildman–Crippen LogP) is 2.70. The second-order valence-corrected chi connectivity index (χ2v) is 8.95. The topological polar surface area (TPSA) is 84.9 Å². The van der Waals surface area contributed by atoms with Crippen molar-refractivity contribution in [2.24, 2.45) is 0 Å². The molecule has 1 aliphatic rings. The van der Waals surface area contributed by atoms with Crippen LogP contribution in [0.1, 0.15) is 11.1 Å². The number of hydrogen-bond donors (Lipinski definition) is 1. The van der Waals surface area contributed by atoms with E-state index in [1.165, 1.54) is 23.6 Å². The lowest BCUT2D eigenvalue weighted by atomic mass is 10.2. The Balaban J connectivity index is 1.73. The zero-order valence-corrected chi connectivity index (χ0v) is 18.1. The van der Waals surface area contributed by atoms with E-state index >= 15 is 0 Å². The highest BCUT2D eigenvalue weighted by Gasteiger charge is 2.29. The van der Waals surface area contributed by atoms with Crippen LogP contribution in [0.5, 0.6) is 5.75 Å². The molecule has 3 rings (SSSR count). The first kappa shape index (κ1) is 22.3. The van der Waals surface area contributed by atoms with Crippen LogP contribution >= 0.6 is 11.6 Å². The van der Waals surface area contributed by atoms with Crippen LogP contribution in [-0.2, 0) is 26.1 Å². The van der Waals surface area contributed by atoms with E-state index in [9.17, 15) is 13.2 Å². The van der Waals surface area contributed by atoms with E-state index in [4.69, 9.17) is 21.1 Å². The first-order valence-corrected chi connectivity index (χ1v) is 11.2. The highest BCUT2D eigenvalue weighted by molar-refractivity contribution is 7.89. The van der Waals surface area contributed by atoms with Crippen molar-refractivity contribution in [1.82, 2.24) is 9.62 Å². The molecule has 1 saturated heterocycles. The quantitative estimate of drug-likeness (QED) is 0.655. The average molecular weight is 451 g/mol. The molecule has 0 atom stereocenters. The van der Waals surface area contributed by atoms with E-state index in [1.807, 2.05) is 12.1 Å². The van der Waals surface area contributed by atoms with Gasteiger partial charge < -0.3 is 14.8 Å². The van der Waals surface area contributed by atoms with Gasteiger partial charge in [-0.2, -0.15) is 4.31 Å². The average Bonchev–Trinajstić information content (AvgIpc) is 2.76. The number of carbonyl (C=O) groups is 1. The minimum absolute atomic E-state index is 0.0633. The van der Waals surface area contributed by atoms with Crippen molar-refractivity contribution in [3.8, 4) is 5.75 Å². The van der Waals surface area contributed by atoms with E-state index < -0.39 is 10.0 Å². The number of nitrogens with zero attached hydrogens (tertiary/aromatic N) is 1. The predicted molar refractivity (Wildman–Crippen MR) is 115 cm³/mol. The van der Waals surface area contributed by atoms with Gasteiger partial charge in [-0.1, -0.05) is 29.8 Å². The summed E-state index contributed by atoms with van der Waals surface area (Å²) in [5.41, 5.74) is 1.45. The summed E-state index contributed by atoms with van der Waals surface area (Å²) >= 11 is 5.94. The lowest BCUT2D eigenvalue weighted by molar-refractivity contribution is -0.116. The molecule has 0 bridgehead atoms. The number of nitrogens with one attached hydrogen (secondary N) is 1. The highest BCUT2D eigenvalue weighted by atomic mass is 35.5. The van der Waals surface area contributed by atoms with Gasteiger partial charge in [0.25, 0.3) is 0 Å². The van der Waals surface area contributed by atoms with Gasteiger partial charge in [0, 0.05) is 30.7 Å². The van der Waals surface area contributed by atoms with E-state index in [0.717, 1.165) is 5.56 Å². The van der Waals surface area contributed by atoms with E-state index in [0.29, 0.717) is 30.3 Å². The molecule has 1 aliphatic heterocycles. The van der Waals surface area contributed by atoms with E-state index in [2.05, 4.69) is 5.32 Å². The number of hydrogen-bond acceptors (Lipinski definition) is 5. The molecule has 1 heterocycles. The van der Waals surface area contributed by atoms with Crippen molar-refractivity contribution in [3.05, 3.63) is 64.7 Å². The van der Waals surface area contributed by atoms with Gasteiger partial charge in [-0.3, -0.25) is 4.79 Å². The maximum Gasteiger partial charge on any atom is 0.246 e. The van der Waals surface area contributed by atoms with Gasteiger partial charge in [0.1, 0.15) is 10.6 Å². The smallest absolute Gasteiger partial charge is 0.246 e. The second kappa shape index (κ2) is 10.1. The Morgan fingerprint density at radius 3 is 2.70 bits per heavy atom.